The summed E-state index contributed by atoms with van der Waals surface area (Å²) in [5.74, 6) is 0. The number of hydrogen-bond donors (Lipinski definition) is 2. The lowest BCUT2D eigenvalue weighted by Gasteiger charge is -2.05. The van der Waals surface area contributed by atoms with E-state index in [1.54, 1.807) is 7.05 Å². The number of unbranched alkanes of at least 4 members (excludes halogenated alkanes) is 2. The molecule has 3 N–H and O–H groups in total. The molecule has 3 heteroatoms. The SMILES string of the molecule is CN(O)CCCCCN. The average Bonchev–Trinajstić information content (AvgIpc) is 1.80. The highest BCUT2D eigenvalue weighted by Crippen LogP contribution is 1.93. The van der Waals surface area contributed by atoms with Crippen LogP contribution in [0.15, 0.2) is 0 Å². The van der Waals surface area contributed by atoms with Crippen LogP contribution >= 0.6 is 0 Å². The van der Waals surface area contributed by atoms with E-state index in [0.29, 0.717) is 0 Å². The van der Waals surface area contributed by atoms with E-state index in [-0.39, 0.29) is 0 Å². The van der Waals surface area contributed by atoms with Gasteiger partial charge in [0, 0.05) is 13.6 Å². The summed E-state index contributed by atoms with van der Waals surface area (Å²) < 4.78 is 0. The fourth-order valence-electron chi connectivity index (χ4n) is 0.662. The Hall–Kier alpha value is -0.120. The van der Waals surface area contributed by atoms with Crippen LogP contribution in [-0.4, -0.2) is 30.4 Å². The fourth-order valence-corrected chi connectivity index (χ4v) is 0.662. The molecule has 0 aliphatic heterocycles. The molecule has 3 nitrogen and oxygen atoms in total. The van der Waals surface area contributed by atoms with Crippen LogP contribution in [0, 0.1) is 0 Å². The number of nitrogens with two attached hydrogens (primary N) is 1. The Kier molecular flexibility index (Phi) is 5.93. The highest BCUT2D eigenvalue weighted by atomic mass is 16.5. The van der Waals surface area contributed by atoms with E-state index in [1.165, 1.54) is 5.06 Å². The van der Waals surface area contributed by atoms with Gasteiger partial charge >= 0.3 is 0 Å². The fraction of sp³-hybridized carbons (Fsp3) is 1.00. The molecule has 0 rings (SSSR count). The molecule has 56 valence electrons. The van der Waals surface area contributed by atoms with Crippen LogP contribution in [0.25, 0.3) is 0 Å². The molecule has 0 radical (unpaired) electrons. The molecule has 9 heavy (non-hydrogen) atoms. The van der Waals surface area contributed by atoms with Crippen molar-refractivity contribution in [1.29, 1.82) is 0 Å². The molecule has 0 aliphatic carbocycles. The highest BCUT2D eigenvalue weighted by molar-refractivity contribution is 4.43. The van der Waals surface area contributed by atoms with Gasteiger partial charge in [0.05, 0.1) is 0 Å². The Morgan fingerprint density at radius 3 is 2.44 bits per heavy atom. The third-order valence-corrected chi connectivity index (χ3v) is 1.19. The van der Waals surface area contributed by atoms with Crippen molar-refractivity contribution in [3.8, 4) is 0 Å². The molecular formula is C6H16N2O. The normalized spacial score (nSPS) is 10.7. The van der Waals surface area contributed by atoms with Crippen molar-refractivity contribution in [2.75, 3.05) is 20.1 Å². The van der Waals surface area contributed by atoms with Gasteiger partial charge in [0.15, 0.2) is 0 Å². The second-order valence-corrected chi connectivity index (χ2v) is 2.23. The maximum atomic E-state index is 8.65. The van der Waals surface area contributed by atoms with Crippen molar-refractivity contribution in [1.82, 2.24) is 5.06 Å². The molecule has 0 aromatic carbocycles. The molecule has 0 amide bonds. The summed E-state index contributed by atoms with van der Waals surface area (Å²) in [5.41, 5.74) is 5.27. The highest BCUT2D eigenvalue weighted by Gasteiger charge is 1.89. The van der Waals surface area contributed by atoms with Gasteiger partial charge in [-0.3, -0.25) is 0 Å². The van der Waals surface area contributed by atoms with Crippen molar-refractivity contribution in [3.63, 3.8) is 0 Å². The lowest BCUT2D eigenvalue weighted by atomic mass is 10.2. The zero-order chi connectivity index (χ0) is 7.11. The van der Waals surface area contributed by atoms with Crippen molar-refractivity contribution in [2.24, 2.45) is 5.73 Å². The second-order valence-electron chi connectivity index (χ2n) is 2.23. The van der Waals surface area contributed by atoms with Crippen molar-refractivity contribution >= 4 is 0 Å². The van der Waals surface area contributed by atoms with Gasteiger partial charge in [0.25, 0.3) is 0 Å². The minimum absolute atomic E-state index is 0.750. The molecule has 0 heterocycles. The van der Waals surface area contributed by atoms with E-state index < -0.39 is 0 Å². The maximum Gasteiger partial charge on any atom is 0.0235 e. The molecule has 0 aromatic heterocycles. The molecule has 0 saturated heterocycles. The minimum Gasteiger partial charge on any atom is -0.330 e. The van der Waals surface area contributed by atoms with E-state index in [4.69, 9.17) is 10.9 Å². The lowest BCUT2D eigenvalue weighted by Crippen LogP contribution is -2.14. The van der Waals surface area contributed by atoms with Crippen LogP contribution in [0.4, 0.5) is 0 Å². The summed E-state index contributed by atoms with van der Waals surface area (Å²) in [6.45, 7) is 1.51. The molecule has 0 bridgehead atoms. The number of nitrogens with zero attached hydrogens (tertiary/aromatic N) is 1. The second kappa shape index (κ2) is 6.01. The van der Waals surface area contributed by atoms with Gasteiger partial charge in [-0.05, 0) is 19.4 Å². The average molecular weight is 132 g/mol. The smallest absolute Gasteiger partial charge is 0.0235 e. The van der Waals surface area contributed by atoms with Gasteiger partial charge in [-0.2, -0.15) is 5.06 Å². The van der Waals surface area contributed by atoms with Gasteiger partial charge in [-0.25, -0.2) is 0 Å². The first kappa shape index (κ1) is 8.88. The lowest BCUT2D eigenvalue weighted by molar-refractivity contribution is -0.0655. The van der Waals surface area contributed by atoms with E-state index in [1.807, 2.05) is 0 Å². The molecule has 0 fully saturated rings. The molecule has 0 aromatic rings. The first-order valence-electron chi connectivity index (χ1n) is 3.37. The molecule has 0 atom stereocenters. The maximum absolute atomic E-state index is 8.65. The summed E-state index contributed by atoms with van der Waals surface area (Å²) in [4.78, 5) is 0. The zero-order valence-electron chi connectivity index (χ0n) is 6.01. The largest absolute Gasteiger partial charge is 0.330 e. The summed E-state index contributed by atoms with van der Waals surface area (Å²) in [7, 11) is 1.66. The van der Waals surface area contributed by atoms with E-state index >= 15 is 0 Å². The molecule has 0 unspecified atom stereocenters. The van der Waals surface area contributed by atoms with Crippen molar-refractivity contribution in [3.05, 3.63) is 0 Å². The van der Waals surface area contributed by atoms with Gasteiger partial charge in [0.1, 0.15) is 0 Å². The molecular weight excluding hydrogens is 116 g/mol. The summed E-state index contributed by atoms with van der Waals surface area (Å²) >= 11 is 0. The van der Waals surface area contributed by atoms with Gasteiger partial charge in [0.2, 0.25) is 0 Å². The quantitative estimate of drug-likeness (QED) is 0.421. The Balaban J connectivity index is 2.75. The standard InChI is InChI=1S/C6H16N2O/c1-8(9)6-4-2-3-5-7/h9H,2-7H2,1H3. The Morgan fingerprint density at radius 2 is 2.00 bits per heavy atom. The zero-order valence-corrected chi connectivity index (χ0v) is 6.01. The predicted molar refractivity (Wildman–Crippen MR) is 37.3 cm³/mol. The predicted octanol–water partition coefficient (Wildman–Crippen LogP) is 0.436. The number of rotatable bonds is 5. The van der Waals surface area contributed by atoms with Crippen LogP contribution in [0.1, 0.15) is 19.3 Å². The first-order chi connectivity index (χ1) is 4.27. The number of hydroxylamine groups is 2. The molecule has 0 spiro atoms. The first-order valence-corrected chi connectivity index (χ1v) is 3.37. The Bertz CT molecular complexity index is 57.0. The van der Waals surface area contributed by atoms with Crippen LogP contribution in [0.5, 0.6) is 0 Å². The number of hydrogen-bond acceptors (Lipinski definition) is 3. The van der Waals surface area contributed by atoms with Crippen LogP contribution < -0.4 is 5.73 Å². The van der Waals surface area contributed by atoms with Crippen molar-refractivity contribution < 1.29 is 5.21 Å². The van der Waals surface area contributed by atoms with Gasteiger partial charge in [-0.1, -0.05) is 6.42 Å². The third-order valence-electron chi connectivity index (χ3n) is 1.19. The summed E-state index contributed by atoms with van der Waals surface area (Å²) in [6, 6.07) is 0. The monoisotopic (exact) mass is 132 g/mol. The third kappa shape index (κ3) is 7.88. The van der Waals surface area contributed by atoms with Gasteiger partial charge in [-0.15, -0.1) is 0 Å². The topological polar surface area (TPSA) is 49.5 Å². The van der Waals surface area contributed by atoms with E-state index in [9.17, 15) is 0 Å². The van der Waals surface area contributed by atoms with Crippen LogP contribution in [0.2, 0.25) is 0 Å². The molecule has 0 saturated carbocycles. The summed E-state index contributed by atoms with van der Waals surface area (Å²) in [6.07, 6.45) is 3.21. The van der Waals surface area contributed by atoms with Crippen LogP contribution in [-0.2, 0) is 0 Å². The summed E-state index contributed by atoms with van der Waals surface area (Å²) in [5, 5.41) is 9.86. The van der Waals surface area contributed by atoms with Crippen molar-refractivity contribution in [2.45, 2.75) is 19.3 Å². The van der Waals surface area contributed by atoms with E-state index in [0.717, 1.165) is 32.4 Å². The van der Waals surface area contributed by atoms with Crippen LogP contribution in [0.3, 0.4) is 0 Å². The Morgan fingerprint density at radius 1 is 1.33 bits per heavy atom. The van der Waals surface area contributed by atoms with E-state index in [2.05, 4.69) is 0 Å². The van der Waals surface area contributed by atoms with Gasteiger partial charge < -0.3 is 10.9 Å². The Labute approximate surface area is 56.4 Å². The molecule has 0 aliphatic rings. The minimum atomic E-state index is 0.750.